The van der Waals surface area contributed by atoms with Gasteiger partial charge in [0.25, 0.3) is 0 Å². The number of nitrogens with two attached hydrogens (primary N) is 1. The summed E-state index contributed by atoms with van der Waals surface area (Å²) in [5.41, 5.74) is 6.31. The van der Waals surface area contributed by atoms with Crippen molar-refractivity contribution in [3.05, 3.63) is 0 Å². The van der Waals surface area contributed by atoms with Gasteiger partial charge < -0.3 is 20.3 Å². The molecule has 0 aromatic carbocycles. The van der Waals surface area contributed by atoms with E-state index in [0.717, 1.165) is 19.1 Å². The third-order valence-electron chi connectivity index (χ3n) is 6.15. The van der Waals surface area contributed by atoms with Crippen LogP contribution in [0.3, 0.4) is 0 Å². The fraction of sp³-hybridized carbons (Fsp3) is 0.905. The molecule has 0 saturated carbocycles. The molecule has 2 aliphatic rings. The van der Waals surface area contributed by atoms with Crippen LogP contribution in [-0.4, -0.2) is 91.1 Å². The van der Waals surface area contributed by atoms with E-state index < -0.39 is 0 Å². The van der Waals surface area contributed by atoms with Gasteiger partial charge in [-0.3, -0.25) is 10.3 Å². The van der Waals surface area contributed by atoms with E-state index in [1.54, 1.807) is 0 Å². The summed E-state index contributed by atoms with van der Waals surface area (Å²) in [5.74, 6) is 0.956. The lowest BCUT2D eigenvalue weighted by molar-refractivity contribution is -0.0379. The van der Waals surface area contributed by atoms with Crippen LogP contribution < -0.4 is 5.73 Å². The highest BCUT2D eigenvalue weighted by atomic mass is 16.5. The molecule has 0 radical (unpaired) electrons. The molecule has 28 heavy (non-hydrogen) atoms. The third-order valence-corrected chi connectivity index (χ3v) is 6.15. The Labute approximate surface area is 172 Å². The first kappa shape index (κ1) is 24.9. The molecule has 164 valence electrons. The SMILES string of the molecule is CC(C)/C(N)=N/C(=N)N1CCOCC1.CN(C)C1CC(C)(C)N(C)C(C)(C)C1. The Morgan fingerprint density at radius 2 is 1.57 bits per heavy atom. The van der Waals surface area contributed by atoms with Gasteiger partial charge in [0, 0.05) is 36.1 Å². The summed E-state index contributed by atoms with van der Waals surface area (Å²) in [6.45, 7) is 16.1. The Morgan fingerprint density at radius 3 is 1.96 bits per heavy atom. The quantitative estimate of drug-likeness (QED) is 0.553. The van der Waals surface area contributed by atoms with Crippen molar-refractivity contribution >= 4 is 11.8 Å². The number of morpholine rings is 1. The van der Waals surface area contributed by atoms with E-state index in [4.69, 9.17) is 15.9 Å². The number of amidine groups is 1. The van der Waals surface area contributed by atoms with Crippen LogP contribution in [0.25, 0.3) is 0 Å². The molecule has 3 N–H and O–H groups in total. The van der Waals surface area contributed by atoms with Crippen molar-refractivity contribution in [1.82, 2.24) is 14.7 Å². The second-order valence-corrected chi connectivity index (χ2v) is 9.82. The van der Waals surface area contributed by atoms with Crippen LogP contribution >= 0.6 is 0 Å². The van der Waals surface area contributed by atoms with Gasteiger partial charge in [-0.2, -0.15) is 0 Å². The molecule has 2 rings (SSSR count). The van der Waals surface area contributed by atoms with Crippen LogP contribution in [0.4, 0.5) is 0 Å². The summed E-state index contributed by atoms with van der Waals surface area (Å²) in [4.78, 5) is 10.8. The summed E-state index contributed by atoms with van der Waals surface area (Å²) in [6, 6.07) is 0.719. The maximum atomic E-state index is 7.71. The minimum Gasteiger partial charge on any atom is -0.387 e. The van der Waals surface area contributed by atoms with E-state index in [1.165, 1.54) is 12.8 Å². The summed E-state index contributed by atoms with van der Waals surface area (Å²) >= 11 is 0. The monoisotopic (exact) mass is 396 g/mol. The standard InChI is InChI=1S/C12H26N2.C9H18N4O/c1-11(2)8-10(13(5)6)9-12(3,4)14(11)7;1-7(2)8(10)12-9(11)13-3-5-14-6-4-13/h10H,8-9H2,1-7H3;7H,3-6H2,1-2H3,(H3,10,11,12). The van der Waals surface area contributed by atoms with Crippen molar-refractivity contribution in [2.24, 2.45) is 16.6 Å². The number of hydrogen-bond donors (Lipinski definition) is 2. The minimum atomic E-state index is 0.191. The second kappa shape index (κ2) is 10.0. The fourth-order valence-corrected chi connectivity index (χ4v) is 3.78. The number of rotatable bonds is 2. The molecule has 7 nitrogen and oxygen atoms in total. The van der Waals surface area contributed by atoms with Crippen LogP contribution in [-0.2, 0) is 4.74 Å². The zero-order valence-electron chi connectivity index (χ0n) is 19.7. The van der Waals surface area contributed by atoms with E-state index in [1.807, 2.05) is 18.7 Å². The first-order valence-corrected chi connectivity index (χ1v) is 10.4. The van der Waals surface area contributed by atoms with Crippen molar-refractivity contribution in [3.63, 3.8) is 0 Å². The third kappa shape index (κ3) is 7.01. The molecule has 2 saturated heterocycles. The Bertz CT molecular complexity index is 517. The van der Waals surface area contributed by atoms with Crippen LogP contribution in [0.5, 0.6) is 0 Å². The van der Waals surface area contributed by atoms with E-state index in [0.29, 0.717) is 30.1 Å². The van der Waals surface area contributed by atoms with Crippen molar-refractivity contribution in [1.29, 1.82) is 5.41 Å². The number of likely N-dealkylation sites (tertiary alicyclic amines) is 1. The normalized spacial score (nSPS) is 23.5. The number of nitrogens with zero attached hydrogens (tertiary/aromatic N) is 4. The Hall–Kier alpha value is -1.18. The van der Waals surface area contributed by atoms with Gasteiger partial charge in [-0.05, 0) is 61.7 Å². The van der Waals surface area contributed by atoms with E-state index in [-0.39, 0.29) is 11.9 Å². The number of aliphatic imine (C=N–C) groups is 1. The van der Waals surface area contributed by atoms with E-state index in [2.05, 4.69) is 63.6 Å². The summed E-state index contributed by atoms with van der Waals surface area (Å²) < 4.78 is 5.18. The zero-order valence-corrected chi connectivity index (χ0v) is 19.7. The molecule has 0 aromatic rings. The largest absolute Gasteiger partial charge is 0.387 e. The zero-order chi connectivity index (χ0) is 21.7. The average molecular weight is 397 g/mol. The van der Waals surface area contributed by atoms with Crippen molar-refractivity contribution in [2.45, 2.75) is 71.5 Å². The van der Waals surface area contributed by atoms with Gasteiger partial charge >= 0.3 is 0 Å². The molecule has 0 atom stereocenters. The van der Waals surface area contributed by atoms with Crippen LogP contribution in [0.1, 0.15) is 54.4 Å². The lowest BCUT2D eigenvalue weighted by Crippen LogP contribution is -2.61. The van der Waals surface area contributed by atoms with Crippen molar-refractivity contribution < 1.29 is 4.74 Å². The summed E-state index contributed by atoms with van der Waals surface area (Å²) in [6.07, 6.45) is 2.53. The van der Waals surface area contributed by atoms with Crippen LogP contribution in [0, 0.1) is 11.3 Å². The van der Waals surface area contributed by atoms with Crippen molar-refractivity contribution in [2.75, 3.05) is 47.4 Å². The number of guanidine groups is 1. The molecular formula is C21H44N6O. The van der Waals surface area contributed by atoms with Crippen LogP contribution in [0.2, 0.25) is 0 Å². The van der Waals surface area contributed by atoms with E-state index >= 15 is 0 Å². The smallest absolute Gasteiger partial charge is 0.219 e. The van der Waals surface area contributed by atoms with Crippen LogP contribution in [0.15, 0.2) is 4.99 Å². The van der Waals surface area contributed by atoms with Gasteiger partial charge in [-0.15, -0.1) is 0 Å². The maximum absolute atomic E-state index is 7.71. The number of hydrogen-bond acceptors (Lipinski definition) is 4. The summed E-state index contributed by atoms with van der Waals surface area (Å²) in [5, 5.41) is 7.71. The summed E-state index contributed by atoms with van der Waals surface area (Å²) in [7, 11) is 6.65. The van der Waals surface area contributed by atoms with Gasteiger partial charge in [0.05, 0.1) is 13.2 Å². The lowest BCUT2D eigenvalue weighted by Gasteiger charge is -2.55. The Balaban J connectivity index is 0.000000280. The average Bonchev–Trinajstić information content (AvgIpc) is 2.60. The fourth-order valence-electron chi connectivity index (χ4n) is 3.78. The molecule has 0 spiro atoms. The Kier molecular flexibility index (Phi) is 8.91. The molecular weight excluding hydrogens is 352 g/mol. The van der Waals surface area contributed by atoms with Gasteiger partial charge in [0.1, 0.15) is 5.84 Å². The molecule has 0 aromatic heterocycles. The molecule has 2 aliphatic heterocycles. The maximum Gasteiger partial charge on any atom is 0.219 e. The Morgan fingerprint density at radius 1 is 1.11 bits per heavy atom. The topological polar surface area (TPSA) is 81.2 Å². The molecule has 7 heteroatoms. The minimum absolute atomic E-state index is 0.191. The highest BCUT2D eigenvalue weighted by molar-refractivity contribution is 5.94. The number of piperidine rings is 1. The molecule has 0 amide bonds. The molecule has 2 heterocycles. The van der Waals surface area contributed by atoms with Gasteiger partial charge in [0.2, 0.25) is 5.96 Å². The second-order valence-electron chi connectivity index (χ2n) is 9.82. The highest BCUT2D eigenvalue weighted by Crippen LogP contribution is 2.38. The van der Waals surface area contributed by atoms with E-state index in [9.17, 15) is 0 Å². The highest BCUT2D eigenvalue weighted by Gasteiger charge is 2.43. The predicted molar refractivity (Wildman–Crippen MR) is 119 cm³/mol. The molecule has 0 unspecified atom stereocenters. The van der Waals surface area contributed by atoms with Gasteiger partial charge in [-0.1, -0.05) is 13.8 Å². The predicted octanol–water partition coefficient (Wildman–Crippen LogP) is 2.47. The molecule has 2 fully saturated rings. The number of nitrogens with one attached hydrogen (secondary N) is 1. The van der Waals surface area contributed by atoms with Gasteiger partial charge in [-0.25, -0.2) is 4.99 Å². The first-order valence-electron chi connectivity index (χ1n) is 10.4. The number of ether oxygens (including phenoxy) is 1. The van der Waals surface area contributed by atoms with Crippen molar-refractivity contribution in [3.8, 4) is 0 Å². The molecule has 0 bridgehead atoms. The first-order chi connectivity index (χ1) is 12.8. The lowest BCUT2D eigenvalue weighted by atomic mass is 9.77. The van der Waals surface area contributed by atoms with Gasteiger partial charge in [0.15, 0.2) is 0 Å². The molecule has 0 aliphatic carbocycles.